The predicted octanol–water partition coefficient (Wildman–Crippen LogP) is 0.193. The lowest BCUT2D eigenvalue weighted by atomic mass is 10.2. The highest BCUT2D eigenvalue weighted by molar-refractivity contribution is 5.85. The maximum absolute atomic E-state index is 11.5. The number of amides is 2. The first-order valence-corrected chi connectivity index (χ1v) is 6.02. The molecule has 0 aromatic heterocycles. The van der Waals surface area contributed by atoms with Crippen molar-refractivity contribution in [2.75, 3.05) is 19.6 Å². The molecule has 0 spiro atoms. The van der Waals surface area contributed by atoms with Crippen LogP contribution in [-0.2, 0) is 9.59 Å². The second-order valence-corrected chi connectivity index (χ2v) is 4.04. The van der Waals surface area contributed by atoms with E-state index in [4.69, 9.17) is 0 Å². The molecule has 0 radical (unpaired) electrons. The van der Waals surface area contributed by atoms with Crippen molar-refractivity contribution in [3.8, 4) is 0 Å². The van der Waals surface area contributed by atoms with E-state index >= 15 is 0 Å². The minimum Gasteiger partial charge on any atom is -0.356 e. The van der Waals surface area contributed by atoms with Gasteiger partial charge in [-0.2, -0.15) is 0 Å². The maximum Gasteiger partial charge on any atom is 0.237 e. The first kappa shape index (κ1) is 16.2. The third kappa shape index (κ3) is 6.48. The molecule has 100 valence electrons. The van der Waals surface area contributed by atoms with Gasteiger partial charge < -0.3 is 16.0 Å². The Morgan fingerprint density at radius 3 is 2.65 bits per heavy atom. The van der Waals surface area contributed by atoms with Gasteiger partial charge in [0.1, 0.15) is 0 Å². The summed E-state index contributed by atoms with van der Waals surface area (Å²) >= 11 is 0. The van der Waals surface area contributed by atoms with Crippen molar-refractivity contribution in [3.05, 3.63) is 0 Å². The van der Waals surface area contributed by atoms with Gasteiger partial charge in [0, 0.05) is 19.5 Å². The van der Waals surface area contributed by atoms with Crippen LogP contribution >= 0.6 is 12.4 Å². The van der Waals surface area contributed by atoms with Crippen LogP contribution in [-0.4, -0.2) is 37.5 Å². The van der Waals surface area contributed by atoms with Gasteiger partial charge in [0.05, 0.1) is 6.04 Å². The summed E-state index contributed by atoms with van der Waals surface area (Å²) in [7, 11) is 0. The van der Waals surface area contributed by atoms with E-state index in [1.807, 2.05) is 6.92 Å². The van der Waals surface area contributed by atoms with E-state index < -0.39 is 0 Å². The van der Waals surface area contributed by atoms with Crippen LogP contribution in [0.4, 0.5) is 0 Å². The van der Waals surface area contributed by atoms with Gasteiger partial charge >= 0.3 is 0 Å². The fraction of sp³-hybridized carbons (Fsp3) is 0.818. The number of hydrogen-bond acceptors (Lipinski definition) is 3. The van der Waals surface area contributed by atoms with Gasteiger partial charge in [-0.05, 0) is 25.8 Å². The zero-order valence-corrected chi connectivity index (χ0v) is 11.1. The fourth-order valence-electron chi connectivity index (χ4n) is 1.68. The molecule has 1 fully saturated rings. The van der Waals surface area contributed by atoms with Crippen molar-refractivity contribution >= 4 is 24.2 Å². The Labute approximate surface area is 109 Å². The van der Waals surface area contributed by atoms with Crippen molar-refractivity contribution in [2.45, 2.75) is 38.6 Å². The summed E-state index contributed by atoms with van der Waals surface area (Å²) in [5.74, 6) is 0.0160. The number of hydrogen-bond donors (Lipinski definition) is 3. The SMILES string of the molecule is CCCNC(=O)CCNC(=O)C1CCCN1.Cl. The van der Waals surface area contributed by atoms with E-state index in [0.717, 1.165) is 25.8 Å². The van der Waals surface area contributed by atoms with Crippen LogP contribution in [0.1, 0.15) is 32.6 Å². The summed E-state index contributed by atoms with van der Waals surface area (Å²) in [5, 5.41) is 8.66. The molecule has 1 heterocycles. The average Bonchev–Trinajstić information content (AvgIpc) is 2.79. The molecule has 1 unspecified atom stereocenters. The summed E-state index contributed by atoms with van der Waals surface area (Å²) in [5.41, 5.74) is 0. The fourth-order valence-corrected chi connectivity index (χ4v) is 1.68. The third-order valence-electron chi connectivity index (χ3n) is 2.60. The quantitative estimate of drug-likeness (QED) is 0.641. The molecule has 1 rings (SSSR count). The predicted molar refractivity (Wildman–Crippen MR) is 69.2 cm³/mol. The molecule has 6 heteroatoms. The van der Waals surface area contributed by atoms with Crippen molar-refractivity contribution in [2.24, 2.45) is 0 Å². The highest BCUT2D eigenvalue weighted by atomic mass is 35.5. The Kier molecular flexibility index (Phi) is 8.80. The Balaban J connectivity index is 0.00000256. The van der Waals surface area contributed by atoms with Crippen molar-refractivity contribution in [1.29, 1.82) is 0 Å². The number of carbonyl (C=O) groups excluding carboxylic acids is 2. The Morgan fingerprint density at radius 2 is 2.06 bits per heavy atom. The van der Waals surface area contributed by atoms with E-state index in [0.29, 0.717) is 19.5 Å². The van der Waals surface area contributed by atoms with E-state index in [9.17, 15) is 9.59 Å². The van der Waals surface area contributed by atoms with Crippen LogP contribution in [0, 0.1) is 0 Å². The van der Waals surface area contributed by atoms with Crippen molar-refractivity contribution < 1.29 is 9.59 Å². The van der Waals surface area contributed by atoms with Gasteiger partial charge in [-0.1, -0.05) is 6.92 Å². The molecule has 0 saturated carbocycles. The van der Waals surface area contributed by atoms with Gasteiger partial charge in [0.2, 0.25) is 11.8 Å². The van der Waals surface area contributed by atoms with E-state index in [1.54, 1.807) is 0 Å². The summed E-state index contributed by atoms with van der Waals surface area (Å²) in [6.07, 6.45) is 3.24. The molecule has 17 heavy (non-hydrogen) atoms. The molecule has 5 nitrogen and oxygen atoms in total. The lowest BCUT2D eigenvalue weighted by Crippen LogP contribution is -2.41. The zero-order chi connectivity index (χ0) is 11.8. The third-order valence-corrected chi connectivity index (χ3v) is 2.60. The van der Waals surface area contributed by atoms with Gasteiger partial charge in [-0.15, -0.1) is 12.4 Å². The maximum atomic E-state index is 11.5. The lowest BCUT2D eigenvalue weighted by molar-refractivity contribution is -0.123. The van der Waals surface area contributed by atoms with Crippen LogP contribution in [0.3, 0.4) is 0 Å². The van der Waals surface area contributed by atoms with E-state index in [1.165, 1.54) is 0 Å². The van der Waals surface area contributed by atoms with Gasteiger partial charge in [-0.3, -0.25) is 9.59 Å². The molecular weight excluding hydrogens is 242 g/mol. The van der Waals surface area contributed by atoms with Crippen LogP contribution in [0.2, 0.25) is 0 Å². The first-order valence-electron chi connectivity index (χ1n) is 6.02. The molecular formula is C11H22ClN3O2. The molecule has 1 aliphatic rings. The van der Waals surface area contributed by atoms with Crippen LogP contribution in [0.5, 0.6) is 0 Å². The van der Waals surface area contributed by atoms with Gasteiger partial charge in [-0.25, -0.2) is 0 Å². The number of carbonyl (C=O) groups is 2. The second-order valence-electron chi connectivity index (χ2n) is 4.04. The molecule has 1 atom stereocenters. The van der Waals surface area contributed by atoms with Crippen LogP contribution < -0.4 is 16.0 Å². The van der Waals surface area contributed by atoms with Gasteiger partial charge in [0.25, 0.3) is 0 Å². The summed E-state index contributed by atoms with van der Waals surface area (Å²) < 4.78 is 0. The molecule has 3 N–H and O–H groups in total. The molecule has 0 aromatic rings. The minimum atomic E-state index is -0.0568. The Morgan fingerprint density at radius 1 is 1.29 bits per heavy atom. The second kappa shape index (κ2) is 9.24. The molecule has 0 aromatic carbocycles. The van der Waals surface area contributed by atoms with Crippen LogP contribution in [0.15, 0.2) is 0 Å². The average molecular weight is 264 g/mol. The smallest absolute Gasteiger partial charge is 0.237 e. The Hall–Kier alpha value is -0.810. The monoisotopic (exact) mass is 263 g/mol. The first-order chi connectivity index (χ1) is 7.74. The molecule has 2 amide bonds. The number of rotatable bonds is 6. The summed E-state index contributed by atoms with van der Waals surface area (Å²) in [6.45, 7) is 4.05. The Bertz CT molecular complexity index is 243. The van der Waals surface area contributed by atoms with Crippen molar-refractivity contribution in [1.82, 2.24) is 16.0 Å². The standard InChI is InChI=1S/C11H21N3O2.ClH/c1-2-6-13-10(15)5-8-14-11(16)9-4-3-7-12-9;/h9,12H,2-8H2,1H3,(H,13,15)(H,14,16);1H. The highest BCUT2D eigenvalue weighted by Gasteiger charge is 2.21. The molecule has 1 saturated heterocycles. The lowest BCUT2D eigenvalue weighted by Gasteiger charge is -2.10. The van der Waals surface area contributed by atoms with E-state index in [-0.39, 0.29) is 30.3 Å². The van der Waals surface area contributed by atoms with Crippen molar-refractivity contribution in [3.63, 3.8) is 0 Å². The summed E-state index contributed by atoms with van der Waals surface area (Å²) in [4.78, 5) is 22.8. The molecule has 1 aliphatic heterocycles. The topological polar surface area (TPSA) is 70.2 Å². The largest absolute Gasteiger partial charge is 0.356 e. The number of nitrogens with one attached hydrogen (secondary N) is 3. The highest BCUT2D eigenvalue weighted by Crippen LogP contribution is 2.04. The zero-order valence-electron chi connectivity index (χ0n) is 10.3. The van der Waals surface area contributed by atoms with Crippen LogP contribution in [0.25, 0.3) is 0 Å². The minimum absolute atomic E-state index is 0. The molecule has 0 bridgehead atoms. The molecule has 0 aliphatic carbocycles. The van der Waals surface area contributed by atoms with E-state index in [2.05, 4.69) is 16.0 Å². The normalized spacial score (nSPS) is 18.3. The number of halogens is 1. The summed E-state index contributed by atoms with van der Waals surface area (Å²) in [6, 6.07) is -0.0568. The van der Waals surface area contributed by atoms with Gasteiger partial charge in [0.15, 0.2) is 0 Å².